The van der Waals surface area contributed by atoms with Gasteiger partial charge in [0.05, 0.1) is 0 Å². The van der Waals surface area contributed by atoms with Crippen molar-refractivity contribution in [1.82, 2.24) is 5.32 Å². The van der Waals surface area contributed by atoms with Crippen molar-refractivity contribution in [3.05, 3.63) is 23.9 Å². The number of allylic oxidation sites excluding steroid dienone is 3. The molecule has 1 N–H and O–H groups in total. The van der Waals surface area contributed by atoms with Crippen molar-refractivity contribution in [3.8, 4) is 0 Å². The van der Waals surface area contributed by atoms with Crippen molar-refractivity contribution in [2.45, 2.75) is 27.7 Å². The Hall–Kier alpha value is -1.05. The van der Waals surface area contributed by atoms with E-state index >= 15 is 0 Å². The van der Waals surface area contributed by atoms with Crippen LogP contribution in [0, 0.1) is 0 Å². The average molecular weight is 155 g/mol. The first kappa shape index (κ1) is 12.6. The summed E-state index contributed by atoms with van der Waals surface area (Å²) < 4.78 is 0. The molecule has 0 unspecified atom stereocenters. The molecule has 0 aliphatic carbocycles. The average Bonchev–Trinajstić information content (AvgIpc) is 2.05. The molecule has 2 nitrogen and oxygen atoms in total. The first-order valence-electron chi connectivity index (χ1n) is 3.80. The lowest BCUT2D eigenvalue weighted by molar-refractivity contribution is -0.108. The molecule has 0 aliphatic rings. The summed E-state index contributed by atoms with van der Waals surface area (Å²) in [6, 6.07) is 0. The van der Waals surface area contributed by atoms with Crippen LogP contribution in [-0.4, -0.2) is 6.41 Å². The molecule has 0 saturated heterocycles. The third-order valence-corrected chi connectivity index (χ3v) is 0.809. The number of carbonyl (C=O) groups excluding carboxylic acids is 1. The van der Waals surface area contributed by atoms with Gasteiger partial charge in [0.25, 0.3) is 0 Å². The van der Waals surface area contributed by atoms with Crippen molar-refractivity contribution in [1.29, 1.82) is 0 Å². The molecule has 64 valence electrons. The number of hydrogen-bond donors (Lipinski definition) is 1. The largest absolute Gasteiger partial charge is 0.335 e. The van der Waals surface area contributed by atoms with Gasteiger partial charge in [0.1, 0.15) is 0 Å². The van der Waals surface area contributed by atoms with Gasteiger partial charge in [-0.1, -0.05) is 26.0 Å². The van der Waals surface area contributed by atoms with Crippen LogP contribution in [-0.2, 0) is 4.79 Å². The van der Waals surface area contributed by atoms with Crippen molar-refractivity contribution in [2.24, 2.45) is 0 Å². The molecule has 0 aliphatic heterocycles. The Morgan fingerprint density at radius 2 is 1.91 bits per heavy atom. The van der Waals surface area contributed by atoms with Gasteiger partial charge in [-0.15, -0.1) is 0 Å². The van der Waals surface area contributed by atoms with Gasteiger partial charge in [0, 0.05) is 6.20 Å². The molecule has 11 heavy (non-hydrogen) atoms. The van der Waals surface area contributed by atoms with Crippen LogP contribution >= 0.6 is 0 Å². The molecule has 0 bridgehead atoms. The molecule has 0 radical (unpaired) electrons. The fourth-order valence-corrected chi connectivity index (χ4v) is 0.476. The molecule has 0 saturated carbocycles. The molecular weight excluding hydrogens is 138 g/mol. The summed E-state index contributed by atoms with van der Waals surface area (Å²) in [4.78, 5) is 9.73. The topological polar surface area (TPSA) is 29.1 Å². The van der Waals surface area contributed by atoms with E-state index in [4.69, 9.17) is 0 Å². The summed E-state index contributed by atoms with van der Waals surface area (Å²) in [6.45, 7) is 7.84. The van der Waals surface area contributed by atoms with E-state index in [1.807, 2.05) is 39.8 Å². The van der Waals surface area contributed by atoms with Crippen LogP contribution in [0.25, 0.3) is 0 Å². The van der Waals surface area contributed by atoms with Crippen LogP contribution in [0.5, 0.6) is 0 Å². The van der Waals surface area contributed by atoms with E-state index in [-0.39, 0.29) is 0 Å². The Labute approximate surface area is 69.0 Å². The molecule has 1 amide bonds. The summed E-state index contributed by atoms with van der Waals surface area (Å²) in [5.41, 5.74) is 1.03. The summed E-state index contributed by atoms with van der Waals surface area (Å²) in [5, 5.41) is 2.44. The molecule has 0 fully saturated rings. The molecule has 0 aromatic carbocycles. The fourth-order valence-electron chi connectivity index (χ4n) is 0.476. The van der Waals surface area contributed by atoms with Crippen molar-refractivity contribution >= 4 is 6.41 Å². The molecule has 0 spiro atoms. The minimum atomic E-state index is 0.646. The van der Waals surface area contributed by atoms with Crippen LogP contribution in [0.4, 0.5) is 0 Å². The Morgan fingerprint density at radius 1 is 1.36 bits per heavy atom. The predicted molar refractivity (Wildman–Crippen MR) is 49.1 cm³/mol. The highest BCUT2D eigenvalue weighted by molar-refractivity contribution is 5.48. The molecule has 0 aromatic rings. The molecule has 0 heterocycles. The van der Waals surface area contributed by atoms with Gasteiger partial charge in [-0.2, -0.15) is 0 Å². The van der Waals surface area contributed by atoms with E-state index in [2.05, 4.69) is 5.32 Å². The van der Waals surface area contributed by atoms with Gasteiger partial charge in [-0.3, -0.25) is 4.79 Å². The van der Waals surface area contributed by atoms with Crippen molar-refractivity contribution < 1.29 is 4.79 Å². The van der Waals surface area contributed by atoms with Gasteiger partial charge in [-0.25, -0.2) is 0 Å². The van der Waals surface area contributed by atoms with E-state index < -0.39 is 0 Å². The molecule has 0 atom stereocenters. The van der Waals surface area contributed by atoms with Gasteiger partial charge >= 0.3 is 0 Å². The van der Waals surface area contributed by atoms with Crippen LogP contribution < -0.4 is 5.32 Å². The minimum absolute atomic E-state index is 0.646. The zero-order chi connectivity index (χ0) is 9.11. The van der Waals surface area contributed by atoms with Crippen LogP contribution in [0.2, 0.25) is 0 Å². The maximum atomic E-state index is 9.73. The number of amides is 1. The highest BCUT2D eigenvalue weighted by atomic mass is 16.1. The van der Waals surface area contributed by atoms with Gasteiger partial charge in [0.2, 0.25) is 6.41 Å². The summed E-state index contributed by atoms with van der Waals surface area (Å²) in [7, 11) is 0. The summed E-state index contributed by atoms with van der Waals surface area (Å²) in [6.07, 6.45) is 6.12. The highest BCUT2D eigenvalue weighted by Gasteiger charge is 1.75. The SMILES string of the molecule is C/C=C\C(C)=C/NC=O.CC. The number of rotatable bonds is 3. The quantitative estimate of drug-likeness (QED) is 0.491. The van der Waals surface area contributed by atoms with E-state index in [0.29, 0.717) is 6.41 Å². The normalized spacial score (nSPS) is 10.4. The first-order chi connectivity index (χ1) is 5.31. The fraction of sp³-hybridized carbons (Fsp3) is 0.444. The number of nitrogens with one attached hydrogen (secondary N) is 1. The van der Waals surface area contributed by atoms with E-state index in [1.165, 1.54) is 0 Å². The standard InChI is InChI=1S/C7H11NO.C2H6/c1-3-4-7(2)5-8-6-9;1-2/h3-6H,1-2H3,(H,8,9);1-2H3/b4-3-,7-5-;. The van der Waals surface area contributed by atoms with E-state index in [9.17, 15) is 4.79 Å². The molecule has 0 aromatic heterocycles. The van der Waals surface area contributed by atoms with Gasteiger partial charge in [-0.05, 0) is 19.4 Å². The van der Waals surface area contributed by atoms with E-state index in [0.717, 1.165) is 5.57 Å². The van der Waals surface area contributed by atoms with Gasteiger partial charge in [0.15, 0.2) is 0 Å². The Morgan fingerprint density at radius 3 is 2.27 bits per heavy atom. The van der Waals surface area contributed by atoms with Crippen LogP contribution in [0.3, 0.4) is 0 Å². The lowest BCUT2D eigenvalue weighted by Crippen LogP contribution is -1.99. The smallest absolute Gasteiger partial charge is 0.211 e. The number of carbonyl (C=O) groups is 1. The zero-order valence-electron chi connectivity index (χ0n) is 7.72. The second kappa shape index (κ2) is 11.7. The van der Waals surface area contributed by atoms with Gasteiger partial charge < -0.3 is 5.32 Å². The van der Waals surface area contributed by atoms with E-state index in [1.54, 1.807) is 6.20 Å². The van der Waals surface area contributed by atoms with Crippen LogP contribution in [0.15, 0.2) is 23.9 Å². The minimum Gasteiger partial charge on any atom is -0.335 e. The second-order valence-electron chi connectivity index (χ2n) is 1.67. The molecule has 2 heteroatoms. The molecule has 0 rings (SSSR count). The third kappa shape index (κ3) is 12.2. The summed E-state index contributed by atoms with van der Waals surface area (Å²) >= 11 is 0. The monoisotopic (exact) mass is 155 g/mol. The Kier molecular flexibility index (Phi) is 13.4. The lowest BCUT2D eigenvalue weighted by atomic mass is 10.3. The highest BCUT2D eigenvalue weighted by Crippen LogP contribution is 1.89. The first-order valence-corrected chi connectivity index (χ1v) is 3.80. The maximum Gasteiger partial charge on any atom is 0.211 e. The third-order valence-electron chi connectivity index (χ3n) is 0.809. The maximum absolute atomic E-state index is 9.73. The lowest BCUT2D eigenvalue weighted by Gasteiger charge is -1.87. The summed E-state index contributed by atoms with van der Waals surface area (Å²) in [5.74, 6) is 0. The molecular formula is C9H17NO. The Balaban J connectivity index is 0. The van der Waals surface area contributed by atoms with Crippen molar-refractivity contribution in [3.63, 3.8) is 0 Å². The second-order valence-corrected chi connectivity index (χ2v) is 1.67. The van der Waals surface area contributed by atoms with Crippen molar-refractivity contribution in [2.75, 3.05) is 0 Å². The predicted octanol–water partition coefficient (Wildman–Crippen LogP) is 2.24. The Bertz CT molecular complexity index is 136. The zero-order valence-corrected chi connectivity index (χ0v) is 7.72. The number of hydrogen-bond acceptors (Lipinski definition) is 1. The van der Waals surface area contributed by atoms with Crippen LogP contribution in [0.1, 0.15) is 27.7 Å².